The third-order valence-corrected chi connectivity index (χ3v) is 3.64. The maximum atomic E-state index is 5.67. The number of pyridine rings is 1. The second kappa shape index (κ2) is 6.01. The van der Waals surface area contributed by atoms with Crippen LogP contribution in [0.2, 0.25) is 0 Å². The molecule has 1 aromatic heterocycles. The van der Waals surface area contributed by atoms with Crippen LogP contribution in [0.25, 0.3) is 0 Å². The van der Waals surface area contributed by atoms with Gasteiger partial charge < -0.3 is 10.6 Å². The predicted molar refractivity (Wildman–Crippen MR) is 72.0 cm³/mol. The molecular formula is C14H23N3. The van der Waals surface area contributed by atoms with Crippen molar-refractivity contribution in [3.63, 3.8) is 0 Å². The van der Waals surface area contributed by atoms with Crippen LogP contribution in [-0.2, 0) is 6.54 Å². The van der Waals surface area contributed by atoms with Crippen LogP contribution in [0.5, 0.6) is 0 Å². The van der Waals surface area contributed by atoms with E-state index in [9.17, 15) is 0 Å². The van der Waals surface area contributed by atoms with Gasteiger partial charge in [-0.1, -0.05) is 25.8 Å². The van der Waals surface area contributed by atoms with Gasteiger partial charge in [0, 0.05) is 19.1 Å². The summed E-state index contributed by atoms with van der Waals surface area (Å²) in [5.41, 5.74) is 6.65. The first-order valence-corrected chi connectivity index (χ1v) is 6.77. The number of rotatable bonds is 3. The highest BCUT2D eigenvalue weighted by molar-refractivity contribution is 5.40. The Bertz CT molecular complexity index is 351. The van der Waals surface area contributed by atoms with E-state index >= 15 is 0 Å². The van der Waals surface area contributed by atoms with E-state index in [1.54, 1.807) is 0 Å². The monoisotopic (exact) mass is 233 g/mol. The molecule has 1 atom stereocenters. The average Bonchev–Trinajstić information content (AvgIpc) is 2.63. The van der Waals surface area contributed by atoms with Gasteiger partial charge in [0.25, 0.3) is 0 Å². The smallest absolute Gasteiger partial charge is 0.129 e. The fraction of sp³-hybridized carbons (Fsp3) is 0.643. The number of anilines is 1. The highest BCUT2D eigenvalue weighted by Crippen LogP contribution is 2.24. The van der Waals surface area contributed by atoms with Gasteiger partial charge in [-0.05, 0) is 31.4 Å². The quantitative estimate of drug-likeness (QED) is 0.872. The zero-order valence-corrected chi connectivity index (χ0v) is 10.7. The fourth-order valence-electron chi connectivity index (χ4n) is 2.64. The Kier molecular flexibility index (Phi) is 4.37. The minimum absolute atomic E-state index is 0.526. The summed E-state index contributed by atoms with van der Waals surface area (Å²) in [6, 6.07) is 6.84. The zero-order chi connectivity index (χ0) is 12.1. The largest absolute Gasteiger partial charge is 0.354 e. The van der Waals surface area contributed by atoms with E-state index in [0.717, 1.165) is 18.1 Å². The van der Waals surface area contributed by atoms with Crippen molar-refractivity contribution < 1.29 is 0 Å². The summed E-state index contributed by atoms with van der Waals surface area (Å²) in [4.78, 5) is 7.13. The van der Waals surface area contributed by atoms with E-state index in [2.05, 4.69) is 28.9 Å². The summed E-state index contributed by atoms with van der Waals surface area (Å²) >= 11 is 0. The molecule has 0 radical (unpaired) electrons. The molecule has 0 aromatic carbocycles. The maximum absolute atomic E-state index is 5.67. The van der Waals surface area contributed by atoms with Crippen LogP contribution in [0.4, 0.5) is 5.82 Å². The third-order valence-electron chi connectivity index (χ3n) is 3.64. The maximum Gasteiger partial charge on any atom is 0.129 e. The van der Waals surface area contributed by atoms with Crippen LogP contribution in [0.15, 0.2) is 18.2 Å². The summed E-state index contributed by atoms with van der Waals surface area (Å²) in [7, 11) is 0. The van der Waals surface area contributed by atoms with E-state index in [1.165, 1.54) is 32.1 Å². The summed E-state index contributed by atoms with van der Waals surface area (Å²) in [5, 5.41) is 0. The van der Waals surface area contributed by atoms with Crippen molar-refractivity contribution in [2.24, 2.45) is 5.73 Å². The van der Waals surface area contributed by atoms with Crippen molar-refractivity contribution >= 4 is 5.82 Å². The molecule has 17 heavy (non-hydrogen) atoms. The minimum atomic E-state index is 0.526. The minimum Gasteiger partial charge on any atom is -0.354 e. The molecule has 1 unspecified atom stereocenters. The van der Waals surface area contributed by atoms with Crippen molar-refractivity contribution in [3.8, 4) is 0 Å². The summed E-state index contributed by atoms with van der Waals surface area (Å²) < 4.78 is 0. The normalized spacial score (nSPS) is 21.3. The molecule has 1 saturated heterocycles. The standard InChI is InChI=1S/C14H23N3/c1-2-13-8-4-3-5-10-17(13)14-9-6-7-12(11-15)16-14/h6-7,9,13H,2-5,8,10-11,15H2,1H3. The Labute approximate surface area is 104 Å². The van der Waals surface area contributed by atoms with Crippen LogP contribution < -0.4 is 10.6 Å². The number of aromatic nitrogens is 1. The van der Waals surface area contributed by atoms with E-state index in [1.807, 2.05) is 6.07 Å². The number of hydrogen-bond donors (Lipinski definition) is 1. The van der Waals surface area contributed by atoms with Crippen LogP contribution in [0, 0.1) is 0 Å². The molecule has 0 amide bonds. The van der Waals surface area contributed by atoms with Gasteiger partial charge in [-0.3, -0.25) is 0 Å². The molecule has 2 N–H and O–H groups in total. The topological polar surface area (TPSA) is 42.1 Å². The van der Waals surface area contributed by atoms with Gasteiger partial charge in [0.05, 0.1) is 5.69 Å². The lowest BCUT2D eigenvalue weighted by Gasteiger charge is -2.30. The second-order valence-corrected chi connectivity index (χ2v) is 4.80. The lowest BCUT2D eigenvalue weighted by molar-refractivity contribution is 0.551. The first kappa shape index (κ1) is 12.4. The molecule has 1 aromatic rings. The Morgan fingerprint density at radius 1 is 1.35 bits per heavy atom. The van der Waals surface area contributed by atoms with Crippen molar-refractivity contribution in [2.45, 2.75) is 51.6 Å². The van der Waals surface area contributed by atoms with Gasteiger partial charge in [-0.15, -0.1) is 0 Å². The van der Waals surface area contributed by atoms with Crippen LogP contribution in [0.3, 0.4) is 0 Å². The molecule has 0 aliphatic carbocycles. The van der Waals surface area contributed by atoms with Gasteiger partial charge in [0.1, 0.15) is 5.82 Å². The SMILES string of the molecule is CCC1CCCCCN1c1cccc(CN)n1. The first-order chi connectivity index (χ1) is 8.35. The Hall–Kier alpha value is -1.09. The lowest BCUT2D eigenvalue weighted by Crippen LogP contribution is -2.35. The second-order valence-electron chi connectivity index (χ2n) is 4.80. The van der Waals surface area contributed by atoms with E-state index in [4.69, 9.17) is 5.73 Å². The summed E-state index contributed by atoms with van der Waals surface area (Å²) in [6.07, 6.45) is 6.49. The molecule has 3 heteroatoms. The first-order valence-electron chi connectivity index (χ1n) is 6.77. The number of nitrogens with two attached hydrogens (primary N) is 1. The predicted octanol–water partition coefficient (Wildman–Crippen LogP) is 2.70. The highest BCUT2D eigenvalue weighted by Gasteiger charge is 2.20. The zero-order valence-electron chi connectivity index (χ0n) is 10.7. The molecule has 0 bridgehead atoms. The van der Waals surface area contributed by atoms with Crippen LogP contribution >= 0.6 is 0 Å². The van der Waals surface area contributed by atoms with E-state index < -0.39 is 0 Å². The molecular weight excluding hydrogens is 210 g/mol. The Balaban J connectivity index is 2.21. The molecule has 0 saturated carbocycles. The summed E-state index contributed by atoms with van der Waals surface area (Å²) in [6.45, 7) is 3.94. The molecule has 2 heterocycles. The van der Waals surface area contributed by atoms with Crippen LogP contribution in [-0.4, -0.2) is 17.6 Å². The van der Waals surface area contributed by atoms with Crippen molar-refractivity contribution in [3.05, 3.63) is 23.9 Å². The summed E-state index contributed by atoms with van der Waals surface area (Å²) in [5.74, 6) is 1.11. The van der Waals surface area contributed by atoms with Gasteiger partial charge in [0.15, 0.2) is 0 Å². The van der Waals surface area contributed by atoms with Gasteiger partial charge in [-0.2, -0.15) is 0 Å². The average molecular weight is 233 g/mol. The molecule has 3 nitrogen and oxygen atoms in total. The number of hydrogen-bond acceptors (Lipinski definition) is 3. The van der Waals surface area contributed by atoms with Crippen molar-refractivity contribution in [1.82, 2.24) is 4.98 Å². The lowest BCUT2D eigenvalue weighted by atomic mass is 10.1. The number of nitrogens with zero attached hydrogens (tertiary/aromatic N) is 2. The molecule has 0 spiro atoms. The van der Waals surface area contributed by atoms with Crippen LogP contribution in [0.1, 0.15) is 44.7 Å². The molecule has 1 aliphatic rings. The molecule has 94 valence electrons. The van der Waals surface area contributed by atoms with Crippen molar-refractivity contribution in [2.75, 3.05) is 11.4 Å². The van der Waals surface area contributed by atoms with Gasteiger partial charge >= 0.3 is 0 Å². The molecule has 1 aliphatic heterocycles. The van der Waals surface area contributed by atoms with Gasteiger partial charge in [0.2, 0.25) is 0 Å². The van der Waals surface area contributed by atoms with Gasteiger partial charge in [-0.25, -0.2) is 4.98 Å². The van der Waals surface area contributed by atoms with E-state index in [-0.39, 0.29) is 0 Å². The van der Waals surface area contributed by atoms with Crippen molar-refractivity contribution in [1.29, 1.82) is 0 Å². The van der Waals surface area contributed by atoms with E-state index in [0.29, 0.717) is 12.6 Å². The third kappa shape index (κ3) is 2.97. The highest BCUT2D eigenvalue weighted by atomic mass is 15.2. The Morgan fingerprint density at radius 2 is 2.24 bits per heavy atom. The Morgan fingerprint density at radius 3 is 3.00 bits per heavy atom. The molecule has 2 rings (SSSR count). The fourth-order valence-corrected chi connectivity index (χ4v) is 2.64. The molecule has 1 fully saturated rings.